The zero-order chi connectivity index (χ0) is 56.0. The number of hydrogen-bond donors (Lipinski definition) is 13. The molecular weight excluding hydrogens is 1020 g/mol. The van der Waals surface area contributed by atoms with Crippen LogP contribution in [0, 0.1) is 50.2 Å². The predicted octanol–water partition coefficient (Wildman–Crippen LogP) is -2.32. The number of aliphatic hydroxyl groups excluding tert-OH is 12. The van der Waals surface area contributed by atoms with Gasteiger partial charge in [0.25, 0.3) is 0 Å². The Kier molecular flexibility index (Phi) is 15.3. The van der Waals surface area contributed by atoms with E-state index in [1.54, 1.807) is 6.92 Å². The van der Waals surface area contributed by atoms with Gasteiger partial charge in [-0.15, -0.1) is 0 Å². The van der Waals surface area contributed by atoms with E-state index in [1.165, 1.54) is 6.92 Å². The van der Waals surface area contributed by atoms with E-state index in [1.807, 2.05) is 0 Å². The van der Waals surface area contributed by atoms with Crippen molar-refractivity contribution in [2.45, 2.75) is 235 Å². The van der Waals surface area contributed by atoms with E-state index in [0.29, 0.717) is 32.1 Å². The Hall–Kier alpha value is -2.12. The number of allylic oxidation sites excluding steroid dienone is 2. The van der Waals surface area contributed by atoms with Crippen molar-refractivity contribution in [3.63, 3.8) is 0 Å². The molecule has 0 radical (unpaired) electrons. The van der Waals surface area contributed by atoms with Crippen LogP contribution in [-0.4, -0.2) is 233 Å². The molecule has 10 aliphatic rings. The summed E-state index contributed by atoms with van der Waals surface area (Å²) in [6, 6.07) is 0. The number of carboxylic acids is 1. The minimum Gasteiger partial charge on any atom is -0.481 e. The average Bonchev–Trinajstić information content (AvgIpc) is 3.99. The van der Waals surface area contributed by atoms with Crippen molar-refractivity contribution in [3.8, 4) is 0 Å². The molecule has 0 amide bonds. The number of carbonyl (C=O) groups excluding carboxylic acids is 1. The molecule has 10 rings (SSSR count). The van der Waals surface area contributed by atoms with Crippen molar-refractivity contribution in [1.82, 2.24) is 0 Å². The standard InChI is InChI=1S/C53H82O24/c1-20-31(57)36(62)40(76-42-38(64)32(58)23(55)18-69-42)44(71-20)70-19-25-34(60)37(63)41(77-43-39(65)35(61)33(59)24(17-54)72-43)45(73-25)74-29-11-12-49(4)26(48(29,2)3)10-13-51(6)27(49)9-8-21-22-14-50(5,46(66)67)30-16-53(22,47(68)75-30)28(56)15-52(21,51)7/h8,20,22-45,54-65H,9-19H2,1-7H3,(H,66,67). The van der Waals surface area contributed by atoms with Gasteiger partial charge in [-0.05, 0) is 92.3 Å². The van der Waals surface area contributed by atoms with Gasteiger partial charge >= 0.3 is 11.9 Å². The summed E-state index contributed by atoms with van der Waals surface area (Å²) < 4.78 is 54.3. The lowest BCUT2D eigenvalue weighted by atomic mass is 9.33. The first-order valence-electron chi connectivity index (χ1n) is 27.4. The van der Waals surface area contributed by atoms with Crippen molar-refractivity contribution < 1.29 is 119 Å². The average molecular weight is 1100 g/mol. The Bertz CT molecular complexity index is 2230. The fourth-order valence-electron chi connectivity index (χ4n) is 16.7. The minimum atomic E-state index is -1.91. The maximum Gasteiger partial charge on any atom is 0.315 e. The molecule has 0 aromatic heterocycles. The second-order valence-electron chi connectivity index (χ2n) is 25.8. The summed E-state index contributed by atoms with van der Waals surface area (Å²) >= 11 is 0. The second-order valence-corrected chi connectivity index (χ2v) is 25.8. The maximum absolute atomic E-state index is 13.9. The van der Waals surface area contributed by atoms with Crippen LogP contribution in [0.3, 0.4) is 0 Å². The smallest absolute Gasteiger partial charge is 0.315 e. The molecular formula is C53H82O24. The molecule has 2 bridgehead atoms. The first-order valence-corrected chi connectivity index (χ1v) is 27.4. The van der Waals surface area contributed by atoms with Crippen LogP contribution < -0.4 is 0 Å². The number of aliphatic carboxylic acids is 1. The van der Waals surface area contributed by atoms with E-state index in [9.17, 15) is 76.0 Å². The van der Waals surface area contributed by atoms with Gasteiger partial charge in [-0.2, -0.15) is 0 Å². The monoisotopic (exact) mass is 1100 g/mol. The third-order valence-corrected chi connectivity index (χ3v) is 21.7. The third-order valence-electron chi connectivity index (χ3n) is 21.7. The molecule has 4 saturated carbocycles. The summed E-state index contributed by atoms with van der Waals surface area (Å²) in [7, 11) is 0. The van der Waals surface area contributed by atoms with Crippen LogP contribution in [0.1, 0.15) is 99.8 Å². The predicted molar refractivity (Wildman–Crippen MR) is 257 cm³/mol. The normalized spacial score (nSPS) is 56.2. The van der Waals surface area contributed by atoms with Crippen LogP contribution in [0.5, 0.6) is 0 Å². The van der Waals surface area contributed by atoms with Crippen LogP contribution in [-0.2, 0) is 52.2 Å². The number of fused-ring (bicyclic) bond motifs is 7. The van der Waals surface area contributed by atoms with Crippen molar-refractivity contribution in [3.05, 3.63) is 11.6 Å². The summed E-state index contributed by atoms with van der Waals surface area (Å²) in [6.07, 6.45) is -27.6. The summed E-state index contributed by atoms with van der Waals surface area (Å²) in [6.45, 7) is 12.2. The number of esters is 1. The lowest BCUT2D eigenvalue weighted by Gasteiger charge is -2.71. The van der Waals surface area contributed by atoms with Crippen LogP contribution in [0.4, 0.5) is 0 Å². The van der Waals surface area contributed by atoms with Gasteiger partial charge in [0.2, 0.25) is 0 Å². The highest BCUT2D eigenvalue weighted by atomic mass is 16.8. The molecule has 30 atom stereocenters. The highest BCUT2D eigenvalue weighted by Crippen LogP contribution is 2.77. The molecule has 24 heteroatoms. The number of carbonyl (C=O) groups is 2. The molecule has 0 aromatic carbocycles. The number of carboxylic acid groups (broad SMARTS) is 1. The first kappa shape index (κ1) is 58.1. The highest BCUT2D eigenvalue weighted by Gasteiger charge is 2.76. The Morgan fingerprint density at radius 1 is 0.675 bits per heavy atom. The first-order chi connectivity index (χ1) is 36.0. The SMILES string of the molecule is CC1OC(OCC2OC(OC3CCC4(C)C(CCC5(C)C4CC=C4C6CC(C)(C(=O)O)C7CC6(C(=O)O7)C(O)CC45C)C3(C)C)C(OC3OC(CO)C(O)C(O)C3O)C(O)C2O)C(OC2OCC(O)C(O)C2O)C(O)C1O. The summed E-state index contributed by atoms with van der Waals surface area (Å²) in [4.78, 5) is 26.7. The van der Waals surface area contributed by atoms with Crippen molar-refractivity contribution >= 4 is 11.9 Å². The van der Waals surface area contributed by atoms with Gasteiger partial charge in [0.15, 0.2) is 25.2 Å². The molecule has 77 heavy (non-hydrogen) atoms. The van der Waals surface area contributed by atoms with Gasteiger partial charge in [0, 0.05) is 12.3 Å². The number of hydrogen-bond acceptors (Lipinski definition) is 23. The molecule has 5 aliphatic carbocycles. The lowest BCUT2D eigenvalue weighted by Crippen LogP contribution is -2.68. The van der Waals surface area contributed by atoms with Crippen molar-refractivity contribution in [2.75, 3.05) is 19.8 Å². The fraction of sp³-hybridized carbons (Fsp3) is 0.925. The molecule has 30 unspecified atom stereocenters. The Morgan fingerprint density at radius 3 is 2.00 bits per heavy atom. The van der Waals surface area contributed by atoms with Gasteiger partial charge in [0.1, 0.15) is 102 Å². The Labute approximate surface area is 446 Å². The van der Waals surface area contributed by atoms with E-state index < -0.39 is 200 Å². The quantitative estimate of drug-likeness (QED) is 0.0587. The topological polar surface area (TPSA) is 380 Å². The largest absolute Gasteiger partial charge is 0.481 e. The Balaban J connectivity index is 0.912. The van der Waals surface area contributed by atoms with E-state index in [-0.39, 0.29) is 30.1 Å². The summed E-state index contributed by atoms with van der Waals surface area (Å²) in [5, 5.41) is 142. The molecule has 1 spiro atoms. The molecule has 438 valence electrons. The molecule has 0 aromatic rings. The lowest BCUT2D eigenvalue weighted by molar-refractivity contribution is -0.385. The maximum atomic E-state index is 13.9. The van der Waals surface area contributed by atoms with Gasteiger partial charge in [-0.1, -0.05) is 46.3 Å². The molecule has 5 aliphatic heterocycles. The van der Waals surface area contributed by atoms with Crippen molar-refractivity contribution in [2.24, 2.45) is 50.2 Å². The second kappa shape index (κ2) is 20.3. The Morgan fingerprint density at radius 2 is 1.31 bits per heavy atom. The van der Waals surface area contributed by atoms with Gasteiger partial charge in [-0.25, -0.2) is 0 Å². The zero-order valence-corrected chi connectivity index (χ0v) is 44.6. The zero-order valence-electron chi connectivity index (χ0n) is 44.6. The molecule has 5 heterocycles. The van der Waals surface area contributed by atoms with E-state index in [0.717, 1.165) is 12.0 Å². The van der Waals surface area contributed by atoms with Crippen molar-refractivity contribution in [1.29, 1.82) is 0 Å². The number of rotatable bonds is 11. The van der Waals surface area contributed by atoms with Gasteiger partial charge in [0.05, 0.1) is 38.1 Å². The van der Waals surface area contributed by atoms with Gasteiger partial charge < -0.3 is 109 Å². The van der Waals surface area contributed by atoms with Crippen LogP contribution in [0.2, 0.25) is 0 Å². The van der Waals surface area contributed by atoms with Crippen LogP contribution >= 0.6 is 0 Å². The molecule has 24 nitrogen and oxygen atoms in total. The number of ether oxygens (including phenoxy) is 9. The van der Waals surface area contributed by atoms with E-state index >= 15 is 0 Å². The molecule has 9 fully saturated rings. The van der Waals surface area contributed by atoms with Crippen LogP contribution in [0.15, 0.2) is 11.6 Å². The van der Waals surface area contributed by atoms with Crippen LogP contribution in [0.25, 0.3) is 0 Å². The summed E-state index contributed by atoms with van der Waals surface area (Å²) in [5.41, 5.74) is -3.51. The van der Waals surface area contributed by atoms with E-state index in [4.69, 9.17) is 42.6 Å². The summed E-state index contributed by atoms with van der Waals surface area (Å²) in [5.74, 6) is -2.03. The highest BCUT2D eigenvalue weighted by molar-refractivity contribution is 5.85. The molecule has 13 N–H and O–H groups in total. The van der Waals surface area contributed by atoms with E-state index in [2.05, 4.69) is 40.7 Å². The fourth-order valence-corrected chi connectivity index (χ4v) is 16.7. The van der Waals surface area contributed by atoms with Gasteiger partial charge in [-0.3, -0.25) is 9.59 Å². The number of aliphatic hydroxyl groups is 12. The molecule has 5 saturated heterocycles. The third kappa shape index (κ3) is 8.75. The minimum absolute atomic E-state index is 0.0102.